The SMILES string of the molecule is CCc1ccccc1N(C(C)=O)c1nc(CSc2nnc(NCC3CCCO3)s2)cs1. The highest BCUT2D eigenvalue weighted by Crippen LogP contribution is 2.34. The zero-order chi connectivity index (χ0) is 21.6. The summed E-state index contributed by atoms with van der Waals surface area (Å²) in [7, 11) is 0. The van der Waals surface area contributed by atoms with E-state index in [-0.39, 0.29) is 12.0 Å². The lowest BCUT2D eigenvalue weighted by molar-refractivity contribution is -0.115. The van der Waals surface area contributed by atoms with Crippen molar-refractivity contribution in [3.63, 3.8) is 0 Å². The second-order valence-corrected chi connectivity index (χ2v) is 10.2. The largest absolute Gasteiger partial charge is 0.376 e. The first-order valence-electron chi connectivity index (χ1n) is 10.3. The maximum absolute atomic E-state index is 12.4. The molecule has 10 heteroatoms. The molecule has 7 nitrogen and oxygen atoms in total. The smallest absolute Gasteiger partial charge is 0.230 e. The van der Waals surface area contributed by atoms with Crippen molar-refractivity contribution in [1.82, 2.24) is 15.2 Å². The third kappa shape index (κ3) is 5.62. The number of thiazole rings is 1. The van der Waals surface area contributed by atoms with Gasteiger partial charge in [0.2, 0.25) is 11.0 Å². The Labute approximate surface area is 194 Å². The summed E-state index contributed by atoms with van der Waals surface area (Å²) < 4.78 is 6.52. The lowest BCUT2D eigenvalue weighted by Gasteiger charge is -2.20. The van der Waals surface area contributed by atoms with E-state index in [2.05, 4.69) is 28.5 Å². The number of nitrogens with zero attached hydrogens (tertiary/aromatic N) is 4. The Bertz CT molecular complexity index is 1020. The number of aromatic nitrogens is 3. The van der Waals surface area contributed by atoms with E-state index in [1.54, 1.807) is 34.9 Å². The van der Waals surface area contributed by atoms with Gasteiger partial charge in [-0.25, -0.2) is 4.98 Å². The number of rotatable bonds is 9. The zero-order valence-corrected chi connectivity index (χ0v) is 20.0. The maximum atomic E-state index is 12.4. The van der Waals surface area contributed by atoms with Crippen molar-refractivity contribution in [2.24, 2.45) is 0 Å². The molecular weight excluding hydrogens is 450 g/mol. The first-order valence-corrected chi connectivity index (χ1v) is 13.0. The summed E-state index contributed by atoms with van der Waals surface area (Å²) in [6.07, 6.45) is 3.36. The van der Waals surface area contributed by atoms with E-state index in [0.717, 1.165) is 58.8 Å². The van der Waals surface area contributed by atoms with Crippen LogP contribution in [0.5, 0.6) is 0 Å². The molecule has 1 atom stereocenters. The van der Waals surface area contributed by atoms with Gasteiger partial charge in [0, 0.05) is 31.2 Å². The quantitative estimate of drug-likeness (QED) is 0.430. The number of hydrogen-bond donors (Lipinski definition) is 1. The van der Waals surface area contributed by atoms with Crippen LogP contribution in [0.3, 0.4) is 0 Å². The lowest BCUT2D eigenvalue weighted by atomic mass is 10.1. The molecular formula is C21H25N5O2S3. The molecule has 1 saturated heterocycles. The number of carbonyl (C=O) groups is 1. The van der Waals surface area contributed by atoms with Crippen LogP contribution in [0.4, 0.5) is 16.0 Å². The highest BCUT2D eigenvalue weighted by atomic mass is 32.2. The average Bonchev–Trinajstić information content (AvgIpc) is 3.53. The van der Waals surface area contributed by atoms with Crippen molar-refractivity contribution >= 4 is 56.3 Å². The minimum atomic E-state index is -0.0412. The molecule has 0 saturated carbocycles. The van der Waals surface area contributed by atoms with Crippen molar-refractivity contribution in [3.05, 3.63) is 40.9 Å². The van der Waals surface area contributed by atoms with Gasteiger partial charge in [-0.2, -0.15) is 0 Å². The van der Waals surface area contributed by atoms with E-state index in [4.69, 9.17) is 9.72 Å². The fourth-order valence-electron chi connectivity index (χ4n) is 3.38. The molecule has 1 aliphatic rings. The van der Waals surface area contributed by atoms with E-state index in [1.807, 2.05) is 23.6 Å². The Morgan fingerprint density at radius 3 is 3.00 bits per heavy atom. The Balaban J connectivity index is 1.38. The summed E-state index contributed by atoms with van der Waals surface area (Å²) in [5.74, 6) is 0.637. The summed E-state index contributed by atoms with van der Waals surface area (Å²) in [4.78, 5) is 18.8. The van der Waals surface area contributed by atoms with Crippen LogP contribution >= 0.6 is 34.4 Å². The van der Waals surface area contributed by atoms with Crippen molar-refractivity contribution in [3.8, 4) is 0 Å². The Kier molecular flexibility index (Phi) is 7.54. The van der Waals surface area contributed by atoms with Crippen LogP contribution in [0.15, 0.2) is 34.0 Å². The Hall–Kier alpha value is -2.01. The molecule has 0 aliphatic carbocycles. The predicted molar refractivity (Wildman–Crippen MR) is 128 cm³/mol. The van der Waals surface area contributed by atoms with Crippen LogP contribution in [-0.2, 0) is 21.7 Å². The van der Waals surface area contributed by atoms with Crippen LogP contribution in [0.1, 0.15) is 37.9 Å². The molecule has 3 aromatic rings. The minimum Gasteiger partial charge on any atom is -0.376 e. The Morgan fingerprint density at radius 2 is 2.23 bits per heavy atom. The molecule has 0 bridgehead atoms. The second-order valence-electron chi connectivity index (χ2n) is 7.14. The minimum absolute atomic E-state index is 0.0412. The van der Waals surface area contributed by atoms with E-state index < -0.39 is 0 Å². The van der Waals surface area contributed by atoms with Crippen LogP contribution in [-0.4, -0.2) is 40.3 Å². The number of nitrogens with one attached hydrogen (secondary N) is 1. The highest BCUT2D eigenvalue weighted by molar-refractivity contribution is 8.00. The van der Waals surface area contributed by atoms with Crippen LogP contribution in [0.2, 0.25) is 0 Å². The molecule has 0 radical (unpaired) electrons. The monoisotopic (exact) mass is 475 g/mol. The molecule has 1 N–H and O–H groups in total. The van der Waals surface area contributed by atoms with Crippen molar-refractivity contribution in [2.45, 2.75) is 49.3 Å². The van der Waals surface area contributed by atoms with Gasteiger partial charge in [0.05, 0.1) is 17.5 Å². The van der Waals surface area contributed by atoms with Gasteiger partial charge in [0.25, 0.3) is 0 Å². The second kappa shape index (κ2) is 10.5. The maximum Gasteiger partial charge on any atom is 0.230 e. The molecule has 164 valence electrons. The molecule has 1 aromatic carbocycles. The molecule has 3 heterocycles. The van der Waals surface area contributed by atoms with Gasteiger partial charge in [0.1, 0.15) is 0 Å². The average molecular weight is 476 g/mol. The van der Waals surface area contributed by atoms with Gasteiger partial charge in [-0.3, -0.25) is 9.69 Å². The number of para-hydroxylation sites is 1. The molecule has 2 aromatic heterocycles. The molecule has 1 amide bonds. The van der Waals surface area contributed by atoms with Crippen molar-refractivity contribution in [1.29, 1.82) is 0 Å². The molecule has 1 fully saturated rings. The number of benzene rings is 1. The summed E-state index contributed by atoms with van der Waals surface area (Å²) in [5.41, 5.74) is 2.95. The van der Waals surface area contributed by atoms with E-state index >= 15 is 0 Å². The van der Waals surface area contributed by atoms with E-state index in [9.17, 15) is 4.79 Å². The molecule has 0 spiro atoms. The van der Waals surface area contributed by atoms with Crippen LogP contribution in [0, 0.1) is 0 Å². The number of thioether (sulfide) groups is 1. The first kappa shape index (κ1) is 22.2. The molecule has 1 unspecified atom stereocenters. The topological polar surface area (TPSA) is 80.2 Å². The van der Waals surface area contributed by atoms with Gasteiger partial charge >= 0.3 is 0 Å². The summed E-state index contributed by atoms with van der Waals surface area (Å²) in [6.45, 7) is 5.29. The molecule has 1 aliphatic heterocycles. The van der Waals surface area contributed by atoms with Crippen molar-refractivity contribution < 1.29 is 9.53 Å². The van der Waals surface area contributed by atoms with Gasteiger partial charge < -0.3 is 10.1 Å². The third-order valence-corrected chi connectivity index (χ3v) is 7.84. The fourth-order valence-corrected chi connectivity index (χ4v) is 6.02. The van der Waals surface area contributed by atoms with Gasteiger partial charge in [-0.15, -0.1) is 21.5 Å². The summed E-state index contributed by atoms with van der Waals surface area (Å²) in [6, 6.07) is 7.98. The highest BCUT2D eigenvalue weighted by Gasteiger charge is 2.20. The van der Waals surface area contributed by atoms with Crippen LogP contribution < -0.4 is 10.2 Å². The van der Waals surface area contributed by atoms with Crippen LogP contribution in [0.25, 0.3) is 0 Å². The number of ether oxygens (including phenoxy) is 1. The van der Waals surface area contributed by atoms with Gasteiger partial charge in [0.15, 0.2) is 9.47 Å². The fraction of sp³-hybridized carbons (Fsp3) is 0.429. The van der Waals surface area contributed by atoms with Gasteiger partial charge in [-0.05, 0) is 30.9 Å². The number of amides is 1. The number of aryl methyl sites for hydroxylation is 1. The normalized spacial score (nSPS) is 15.9. The predicted octanol–water partition coefficient (Wildman–Crippen LogP) is 5.12. The third-order valence-electron chi connectivity index (χ3n) is 4.91. The molecule has 4 rings (SSSR count). The number of hydrogen-bond acceptors (Lipinski definition) is 9. The van der Waals surface area contributed by atoms with Gasteiger partial charge in [-0.1, -0.05) is 48.2 Å². The van der Waals surface area contributed by atoms with Crippen molar-refractivity contribution in [2.75, 3.05) is 23.4 Å². The lowest BCUT2D eigenvalue weighted by Crippen LogP contribution is -2.23. The number of anilines is 3. The zero-order valence-electron chi connectivity index (χ0n) is 17.5. The summed E-state index contributed by atoms with van der Waals surface area (Å²) >= 11 is 4.63. The summed E-state index contributed by atoms with van der Waals surface area (Å²) in [5, 5.41) is 15.3. The first-order chi connectivity index (χ1) is 15.1. The standard InChI is InChI=1S/C21H25N5O2S3/c1-3-15-7-4-5-9-18(15)26(14(2)27)20-23-16(12-29-20)13-30-21-25-24-19(31-21)22-11-17-8-6-10-28-17/h4-5,7,9,12,17H,3,6,8,10-11,13H2,1-2H3,(H,22,24). The molecule has 31 heavy (non-hydrogen) atoms. The number of carbonyl (C=O) groups excluding carboxylic acids is 1. The Morgan fingerprint density at radius 1 is 1.35 bits per heavy atom. The van der Waals surface area contributed by atoms with E-state index in [1.165, 1.54) is 11.3 Å². The van der Waals surface area contributed by atoms with E-state index in [0.29, 0.717) is 10.9 Å².